The molecule has 1 nitrogen and oxygen atoms in total. The molecule has 0 saturated heterocycles. The molecule has 0 aromatic carbocycles. The third kappa shape index (κ3) is 2.71. The number of hydrogen-bond donors (Lipinski definition) is 0. The smallest absolute Gasteiger partial charge is 0.0873 e. The molecule has 1 aliphatic rings. The molecule has 0 fully saturated rings. The molecule has 1 aliphatic carbocycles. The first-order valence-corrected chi connectivity index (χ1v) is 4.44. The fourth-order valence-electron chi connectivity index (χ4n) is 1.33. The van der Waals surface area contributed by atoms with Crippen LogP contribution in [0.2, 0.25) is 0 Å². The van der Waals surface area contributed by atoms with Crippen LogP contribution in [0.15, 0.2) is 48.6 Å². The minimum absolute atomic E-state index is 0.226. The summed E-state index contributed by atoms with van der Waals surface area (Å²) in [6, 6.07) is 0. The first-order valence-electron chi connectivity index (χ1n) is 4.44. The molecule has 70 valence electrons. The van der Waals surface area contributed by atoms with Crippen LogP contribution in [0.5, 0.6) is 0 Å². The third-order valence-corrected chi connectivity index (χ3v) is 2.18. The Labute approximate surface area is 80.1 Å². The average Bonchev–Trinajstić information content (AvgIpc) is 2.57. The maximum absolute atomic E-state index is 5.42. The largest absolute Gasteiger partial charge is 0.374 e. The van der Waals surface area contributed by atoms with Crippen LogP contribution in [0.4, 0.5) is 0 Å². The monoisotopic (exact) mass is 176 g/mol. The Morgan fingerprint density at radius 2 is 2.08 bits per heavy atom. The number of ether oxygens (including phenoxy) is 1. The van der Waals surface area contributed by atoms with E-state index >= 15 is 0 Å². The van der Waals surface area contributed by atoms with Gasteiger partial charge in [-0.15, -0.1) is 6.58 Å². The van der Waals surface area contributed by atoms with Crippen molar-refractivity contribution in [1.82, 2.24) is 0 Å². The van der Waals surface area contributed by atoms with Crippen molar-refractivity contribution >= 4 is 0 Å². The molecule has 0 aromatic rings. The van der Waals surface area contributed by atoms with Crippen molar-refractivity contribution in [3.05, 3.63) is 48.6 Å². The van der Waals surface area contributed by atoms with Crippen molar-refractivity contribution in [3.8, 4) is 0 Å². The van der Waals surface area contributed by atoms with E-state index in [-0.39, 0.29) is 5.60 Å². The van der Waals surface area contributed by atoms with Gasteiger partial charge in [0.1, 0.15) is 0 Å². The molecule has 0 spiro atoms. The van der Waals surface area contributed by atoms with Crippen LogP contribution in [0, 0.1) is 0 Å². The van der Waals surface area contributed by atoms with Crippen LogP contribution >= 0.6 is 0 Å². The van der Waals surface area contributed by atoms with Gasteiger partial charge >= 0.3 is 0 Å². The third-order valence-electron chi connectivity index (χ3n) is 2.18. The molecule has 0 amide bonds. The second-order valence-corrected chi connectivity index (χ2v) is 3.37. The van der Waals surface area contributed by atoms with Crippen molar-refractivity contribution in [3.63, 3.8) is 0 Å². The van der Waals surface area contributed by atoms with E-state index in [0.29, 0.717) is 0 Å². The molecular formula is C12H16O. The molecule has 0 saturated carbocycles. The molecular weight excluding hydrogens is 160 g/mol. The average molecular weight is 176 g/mol. The van der Waals surface area contributed by atoms with Crippen LogP contribution < -0.4 is 0 Å². The fourth-order valence-corrected chi connectivity index (χ4v) is 1.33. The summed E-state index contributed by atoms with van der Waals surface area (Å²) in [5.41, 5.74) is 0.974. The van der Waals surface area contributed by atoms with Gasteiger partial charge in [-0.2, -0.15) is 0 Å². The Morgan fingerprint density at radius 1 is 1.46 bits per heavy atom. The SMILES string of the molecule is C=CCC(C)(C=C1C=CC=C1)OC. The Kier molecular flexibility index (Phi) is 3.26. The molecule has 1 heteroatoms. The first kappa shape index (κ1) is 10.0. The van der Waals surface area contributed by atoms with Gasteiger partial charge in [-0.3, -0.25) is 0 Å². The van der Waals surface area contributed by atoms with E-state index in [1.54, 1.807) is 7.11 Å². The van der Waals surface area contributed by atoms with E-state index in [4.69, 9.17) is 4.74 Å². The summed E-state index contributed by atoms with van der Waals surface area (Å²) >= 11 is 0. The molecule has 13 heavy (non-hydrogen) atoms. The van der Waals surface area contributed by atoms with E-state index in [0.717, 1.165) is 6.42 Å². The lowest BCUT2D eigenvalue weighted by Crippen LogP contribution is -2.23. The Morgan fingerprint density at radius 3 is 2.54 bits per heavy atom. The van der Waals surface area contributed by atoms with E-state index in [9.17, 15) is 0 Å². The molecule has 0 N–H and O–H groups in total. The van der Waals surface area contributed by atoms with E-state index < -0.39 is 0 Å². The van der Waals surface area contributed by atoms with Gasteiger partial charge in [0.15, 0.2) is 0 Å². The standard InChI is InChI=1S/C12H16O/c1-4-9-12(2,13-3)10-11-7-5-6-8-11/h4-8,10H,1,9H2,2-3H3. The predicted molar refractivity (Wildman–Crippen MR) is 56.6 cm³/mol. The maximum Gasteiger partial charge on any atom is 0.0873 e. The van der Waals surface area contributed by atoms with E-state index in [1.807, 2.05) is 18.2 Å². The summed E-state index contributed by atoms with van der Waals surface area (Å²) in [5, 5.41) is 0. The second kappa shape index (κ2) is 4.24. The van der Waals surface area contributed by atoms with Crippen molar-refractivity contribution in [1.29, 1.82) is 0 Å². The van der Waals surface area contributed by atoms with Gasteiger partial charge in [0.2, 0.25) is 0 Å². The van der Waals surface area contributed by atoms with Crippen LogP contribution in [-0.4, -0.2) is 12.7 Å². The minimum atomic E-state index is -0.226. The van der Waals surface area contributed by atoms with Crippen LogP contribution in [0.25, 0.3) is 0 Å². The normalized spacial score (nSPS) is 18.8. The van der Waals surface area contributed by atoms with Crippen molar-refractivity contribution in [2.75, 3.05) is 7.11 Å². The van der Waals surface area contributed by atoms with Gasteiger partial charge in [-0.05, 0) is 25.0 Å². The summed E-state index contributed by atoms with van der Waals surface area (Å²) in [6.07, 6.45) is 13.0. The lowest BCUT2D eigenvalue weighted by Gasteiger charge is -2.23. The molecule has 0 radical (unpaired) electrons. The maximum atomic E-state index is 5.42. The highest BCUT2D eigenvalue weighted by atomic mass is 16.5. The van der Waals surface area contributed by atoms with Gasteiger partial charge in [0.05, 0.1) is 5.60 Å². The summed E-state index contributed by atoms with van der Waals surface area (Å²) < 4.78 is 5.42. The number of rotatable bonds is 4. The highest BCUT2D eigenvalue weighted by molar-refractivity contribution is 5.41. The van der Waals surface area contributed by atoms with Gasteiger partial charge in [-0.1, -0.05) is 30.4 Å². The highest BCUT2D eigenvalue weighted by Crippen LogP contribution is 2.21. The highest BCUT2D eigenvalue weighted by Gasteiger charge is 2.18. The van der Waals surface area contributed by atoms with Crippen molar-refractivity contribution in [2.24, 2.45) is 0 Å². The zero-order valence-corrected chi connectivity index (χ0v) is 8.29. The molecule has 1 unspecified atom stereocenters. The molecule has 1 atom stereocenters. The second-order valence-electron chi connectivity index (χ2n) is 3.37. The quantitative estimate of drug-likeness (QED) is 0.598. The zero-order chi connectivity index (χ0) is 9.73. The van der Waals surface area contributed by atoms with Gasteiger partial charge < -0.3 is 4.74 Å². The molecule has 0 aliphatic heterocycles. The topological polar surface area (TPSA) is 9.23 Å². The van der Waals surface area contributed by atoms with Crippen molar-refractivity contribution < 1.29 is 4.74 Å². The van der Waals surface area contributed by atoms with Crippen molar-refractivity contribution in [2.45, 2.75) is 18.9 Å². The number of allylic oxidation sites excluding steroid dienone is 5. The van der Waals surface area contributed by atoms with Gasteiger partial charge in [0, 0.05) is 7.11 Å². The Balaban J connectivity index is 2.77. The molecule has 0 bridgehead atoms. The summed E-state index contributed by atoms with van der Waals surface area (Å²) in [5.74, 6) is 0. The van der Waals surface area contributed by atoms with Crippen LogP contribution in [0.3, 0.4) is 0 Å². The number of methoxy groups -OCH3 is 1. The predicted octanol–water partition coefficient (Wildman–Crippen LogP) is 3.02. The minimum Gasteiger partial charge on any atom is -0.374 e. The first-order chi connectivity index (χ1) is 6.20. The fraction of sp³-hybridized carbons (Fsp3) is 0.333. The lowest BCUT2D eigenvalue weighted by molar-refractivity contribution is 0.0512. The van der Waals surface area contributed by atoms with Crippen LogP contribution in [0.1, 0.15) is 13.3 Å². The Hall–Kier alpha value is -1.08. The summed E-state index contributed by atoms with van der Waals surface area (Å²) in [7, 11) is 1.73. The summed E-state index contributed by atoms with van der Waals surface area (Å²) in [4.78, 5) is 0. The number of hydrogen-bond acceptors (Lipinski definition) is 1. The van der Waals surface area contributed by atoms with Gasteiger partial charge in [0.25, 0.3) is 0 Å². The molecule has 0 aromatic heterocycles. The van der Waals surface area contributed by atoms with Crippen LogP contribution in [-0.2, 0) is 4.74 Å². The van der Waals surface area contributed by atoms with Gasteiger partial charge in [-0.25, -0.2) is 0 Å². The molecule has 1 rings (SSSR count). The lowest BCUT2D eigenvalue weighted by atomic mass is 9.99. The summed E-state index contributed by atoms with van der Waals surface area (Å²) in [6.45, 7) is 5.78. The zero-order valence-electron chi connectivity index (χ0n) is 8.29. The molecule has 0 heterocycles. The van der Waals surface area contributed by atoms with E-state index in [1.165, 1.54) is 5.57 Å². The Bertz CT molecular complexity index is 257. The van der Waals surface area contributed by atoms with E-state index in [2.05, 4.69) is 31.7 Å².